The minimum atomic E-state index is -0.530. The average molecular weight is 226 g/mol. The van der Waals surface area contributed by atoms with Crippen LogP contribution in [-0.4, -0.2) is 12.6 Å². The minimum Gasteiger partial charge on any atom is -0.462 e. The summed E-state index contributed by atoms with van der Waals surface area (Å²) in [7, 11) is 0. The molecule has 1 rings (SSSR count). The summed E-state index contributed by atoms with van der Waals surface area (Å²) in [6.45, 7) is 1.96. The number of hydrogen-bond acceptors (Lipinski definition) is 3. The number of carbonyl (C=O) groups is 1. The van der Waals surface area contributed by atoms with Crippen molar-refractivity contribution in [2.24, 2.45) is 5.11 Å². The Morgan fingerprint density at radius 1 is 1.67 bits per heavy atom. The molecule has 0 atom stereocenters. The smallest absolute Gasteiger partial charge is 0.339 e. The fraction of sp³-hybridized carbons (Fsp3) is 0.222. The van der Waals surface area contributed by atoms with E-state index < -0.39 is 5.97 Å². The van der Waals surface area contributed by atoms with Crippen molar-refractivity contribution in [2.45, 2.75) is 6.92 Å². The molecule has 0 bridgehead atoms. The number of azide groups is 1. The molecule has 0 aliphatic heterocycles. The van der Waals surface area contributed by atoms with E-state index in [1.165, 1.54) is 18.2 Å². The second-order valence-corrected chi connectivity index (χ2v) is 2.98. The van der Waals surface area contributed by atoms with Crippen LogP contribution in [0.2, 0.25) is 5.02 Å². The molecule has 0 heterocycles. The standard InChI is InChI=1S/C9H8ClN3O2/c1-2-15-9(14)7-5-6(12-13-11)3-4-8(7)10/h3-5H,2H2,1H3. The molecule has 0 spiro atoms. The fourth-order valence-electron chi connectivity index (χ4n) is 0.992. The van der Waals surface area contributed by atoms with Gasteiger partial charge in [-0.2, -0.15) is 0 Å². The molecule has 0 saturated heterocycles. The van der Waals surface area contributed by atoms with Gasteiger partial charge in [0.15, 0.2) is 0 Å². The number of ether oxygens (including phenoxy) is 1. The number of esters is 1. The maximum atomic E-state index is 11.4. The van der Waals surface area contributed by atoms with Crippen molar-refractivity contribution in [1.29, 1.82) is 0 Å². The normalized spacial score (nSPS) is 9.20. The van der Waals surface area contributed by atoms with Crippen LogP contribution in [0.25, 0.3) is 10.4 Å². The molecule has 0 aliphatic rings. The Balaban J connectivity index is 3.10. The lowest BCUT2D eigenvalue weighted by Crippen LogP contribution is -2.04. The van der Waals surface area contributed by atoms with E-state index in [4.69, 9.17) is 21.9 Å². The maximum Gasteiger partial charge on any atom is 0.339 e. The molecule has 6 heteroatoms. The van der Waals surface area contributed by atoms with Gasteiger partial charge in [-0.25, -0.2) is 4.79 Å². The second kappa shape index (κ2) is 5.24. The van der Waals surface area contributed by atoms with Gasteiger partial charge >= 0.3 is 5.97 Å². The van der Waals surface area contributed by atoms with E-state index in [0.717, 1.165) is 0 Å². The monoisotopic (exact) mass is 225 g/mol. The maximum absolute atomic E-state index is 11.4. The third-order valence-corrected chi connectivity index (χ3v) is 1.94. The second-order valence-electron chi connectivity index (χ2n) is 2.57. The zero-order valence-electron chi connectivity index (χ0n) is 7.98. The molecule has 1 aromatic rings. The van der Waals surface area contributed by atoms with E-state index in [-0.39, 0.29) is 17.2 Å². The molecule has 0 saturated carbocycles. The summed E-state index contributed by atoms with van der Waals surface area (Å²) < 4.78 is 4.78. The molecule has 0 aromatic heterocycles. The van der Waals surface area contributed by atoms with Crippen LogP contribution in [0.3, 0.4) is 0 Å². The van der Waals surface area contributed by atoms with Crippen LogP contribution in [0.4, 0.5) is 5.69 Å². The first-order valence-corrected chi connectivity index (χ1v) is 4.58. The van der Waals surface area contributed by atoms with E-state index in [1.807, 2.05) is 0 Å². The highest BCUT2D eigenvalue weighted by atomic mass is 35.5. The zero-order chi connectivity index (χ0) is 11.3. The van der Waals surface area contributed by atoms with Gasteiger partial charge in [0.25, 0.3) is 0 Å². The van der Waals surface area contributed by atoms with Gasteiger partial charge in [-0.3, -0.25) is 0 Å². The third-order valence-electron chi connectivity index (χ3n) is 1.61. The Hall–Kier alpha value is -1.71. The quantitative estimate of drug-likeness (QED) is 0.342. The van der Waals surface area contributed by atoms with Crippen molar-refractivity contribution < 1.29 is 9.53 Å². The molecule has 0 aliphatic carbocycles. The molecule has 0 amide bonds. The van der Waals surface area contributed by atoms with Crippen LogP contribution in [0, 0.1) is 0 Å². The van der Waals surface area contributed by atoms with Crippen molar-refractivity contribution in [2.75, 3.05) is 6.61 Å². The van der Waals surface area contributed by atoms with Gasteiger partial charge in [0, 0.05) is 10.6 Å². The number of rotatable bonds is 3. The number of benzene rings is 1. The summed E-state index contributed by atoms with van der Waals surface area (Å²) >= 11 is 5.79. The fourth-order valence-corrected chi connectivity index (χ4v) is 1.19. The molecule has 15 heavy (non-hydrogen) atoms. The number of carbonyl (C=O) groups excluding carboxylic acids is 1. The van der Waals surface area contributed by atoms with Crippen molar-refractivity contribution in [3.8, 4) is 0 Å². The number of hydrogen-bond donors (Lipinski definition) is 0. The van der Waals surface area contributed by atoms with E-state index in [9.17, 15) is 4.79 Å². The summed E-state index contributed by atoms with van der Waals surface area (Å²) in [6, 6.07) is 4.39. The molecule has 0 unspecified atom stereocenters. The van der Waals surface area contributed by atoms with Crippen LogP contribution in [-0.2, 0) is 4.74 Å². The highest BCUT2D eigenvalue weighted by Gasteiger charge is 2.11. The van der Waals surface area contributed by atoms with E-state index in [2.05, 4.69) is 10.0 Å². The van der Waals surface area contributed by atoms with Crippen LogP contribution in [0.5, 0.6) is 0 Å². The summed E-state index contributed by atoms with van der Waals surface area (Å²) in [5.41, 5.74) is 8.75. The zero-order valence-corrected chi connectivity index (χ0v) is 8.73. The Morgan fingerprint density at radius 3 is 3.00 bits per heavy atom. The largest absolute Gasteiger partial charge is 0.462 e. The molecule has 5 nitrogen and oxygen atoms in total. The summed E-state index contributed by atoms with van der Waals surface area (Å²) in [6.07, 6.45) is 0. The van der Waals surface area contributed by atoms with Crippen molar-refractivity contribution in [3.05, 3.63) is 39.2 Å². The highest BCUT2D eigenvalue weighted by molar-refractivity contribution is 6.33. The van der Waals surface area contributed by atoms with Gasteiger partial charge in [-0.15, -0.1) is 0 Å². The lowest BCUT2D eigenvalue weighted by Gasteiger charge is -2.04. The number of halogens is 1. The lowest BCUT2D eigenvalue weighted by atomic mass is 10.2. The first-order chi connectivity index (χ1) is 7.19. The van der Waals surface area contributed by atoms with Crippen LogP contribution < -0.4 is 0 Å². The van der Waals surface area contributed by atoms with Crippen molar-refractivity contribution in [1.82, 2.24) is 0 Å². The first-order valence-electron chi connectivity index (χ1n) is 4.20. The van der Waals surface area contributed by atoms with Gasteiger partial charge in [0.05, 0.1) is 17.2 Å². The van der Waals surface area contributed by atoms with Crippen LogP contribution >= 0.6 is 11.6 Å². The molecular formula is C9H8ClN3O2. The van der Waals surface area contributed by atoms with Gasteiger partial charge in [-0.1, -0.05) is 22.8 Å². The Morgan fingerprint density at radius 2 is 2.40 bits per heavy atom. The van der Waals surface area contributed by atoms with Gasteiger partial charge in [0.2, 0.25) is 0 Å². The first kappa shape index (κ1) is 11.4. The lowest BCUT2D eigenvalue weighted by molar-refractivity contribution is 0.0526. The highest BCUT2D eigenvalue weighted by Crippen LogP contribution is 2.23. The molecule has 0 fully saturated rings. The third kappa shape index (κ3) is 2.87. The predicted molar refractivity (Wildman–Crippen MR) is 56.2 cm³/mol. The number of nitrogens with zero attached hydrogens (tertiary/aromatic N) is 3. The molecule has 0 radical (unpaired) electrons. The molecule has 1 aromatic carbocycles. The van der Waals surface area contributed by atoms with Gasteiger partial charge in [0.1, 0.15) is 0 Å². The summed E-state index contributed by atoms with van der Waals surface area (Å²) in [4.78, 5) is 14.0. The molecule has 0 N–H and O–H groups in total. The molecule has 78 valence electrons. The van der Waals surface area contributed by atoms with E-state index >= 15 is 0 Å². The topological polar surface area (TPSA) is 75.1 Å². The summed E-state index contributed by atoms with van der Waals surface area (Å²) in [5, 5.41) is 3.63. The Kier molecular flexibility index (Phi) is 3.97. The predicted octanol–water partition coefficient (Wildman–Crippen LogP) is 3.46. The van der Waals surface area contributed by atoms with Gasteiger partial charge in [-0.05, 0) is 24.6 Å². The van der Waals surface area contributed by atoms with Crippen LogP contribution in [0.15, 0.2) is 23.3 Å². The Labute approximate surface area is 91.2 Å². The van der Waals surface area contributed by atoms with Crippen molar-refractivity contribution >= 4 is 23.3 Å². The van der Waals surface area contributed by atoms with Crippen molar-refractivity contribution in [3.63, 3.8) is 0 Å². The average Bonchev–Trinajstić information content (AvgIpc) is 2.21. The van der Waals surface area contributed by atoms with Gasteiger partial charge < -0.3 is 4.74 Å². The minimum absolute atomic E-state index is 0.198. The Bertz CT molecular complexity index is 427. The van der Waals surface area contributed by atoms with Crippen LogP contribution in [0.1, 0.15) is 17.3 Å². The van der Waals surface area contributed by atoms with E-state index in [1.54, 1.807) is 6.92 Å². The SMILES string of the molecule is CCOC(=O)c1cc(N=[N+]=[N-])ccc1Cl. The summed E-state index contributed by atoms with van der Waals surface area (Å²) in [5.74, 6) is -0.530. The molecular weight excluding hydrogens is 218 g/mol. The van der Waals surface area contributed by atoms with E-state index in [0.29, 0.717) is 5.69 Å².